The predicted octanol–water partition coefficient (Wildman–Crippen LogP) is 1.57. The largest absolute Gasteiger partial charge is 0.468 e. The Balaban J connectivity index is 2.97. The number of hydrazine groups is 1. The van der Waals surface area contributed by atoms with E-state index >= 15 is 0 Å². The number of nitrogen functional groups attached to an aromatic ring is 1. The highest BCUT2D eigenvalue weighted by molar-refractivity contribution is 5.47. The van der Waals surface area contributed by atoms with Gasteiger partial charge in [0.15, 0.2) is 6.61 Å². The van der Waals surface area contributed by atoms with Crippen LogP contribution >= 0.6 is 0 Å². The van der Waals surface area contributed by atoms with E-state index in [0.29, 0.717) is 17.8 Å². The van der Waals surface area contributed by atoms with Crippen molar-refractivity contribution < 1.29 is 17.9 Å². The van der Waals surface area contributed by atoms with Crippen LogP contribution in [0.4, 0.5) is 19.0 Å². The Morgan fingerprint density at radius 3 is 2.47 bits per heavy atom. The predicted molar refractivity (Wildman–Crippen MR) is 55.5 cm³/mol. The summed E-state index contributed by atoms with van der Waals surface area (Å²) < 4.78 is 40.7. The number of nitrogens with one attached hydrogen (secondary N) is 1. The molecule has 17 heavy (non-hydrogen) atoms. The van der Waals surface area contributed by atoms with Gasteiger partial charge >= 0.3 is 6.18 Å². The fourth-order valence-electron chi connectivity index (χ4n) is 1.13. The molecule has 0 spiro atoms. The molecule has 1 aromatic rings. The minimum Gasteiger partial charge on any atom is -0.468 e. The molecule has 96 valence electrons. The molecule has 0 aliphatic heterocycles. The van der Waals surface area contributed by atoms with E-state index in [1.54, 1.807) is 6.92 Å². The van der Waals surface area contributed by atoms with Gasteiger partial charge in [-0.05, 0) is 6.92 Å². The van der Waals surface area contributed by atoms with E-state index in [2.05, 4.69) is 20.1 Å². The van der Waals surface area contributed by atoms with Crippen molar-refractivity contribution in [2.24, 2.45) is 5.84 Å². The van der Waals surface area contributed by atoms with E-state index < -0.39 is 12.8 Å². The van der Waals surface area contributed by atoms with Crippen LogP contribution in [-0.4, -0.2) is 22.8 Å². The monoisotopic (exact) mass is 250 g/mol. The molecule has 0 atom stereocenters. The Morgan fingerprint density at radius 2 is 2.00 bits per heavy atom. The van der Waals surface area contributed by atoms with E-state index in [9.17, 15) is 13.2 Å². The lowest BCUT2D eigenvalue weighted by Crippen LogP contribution is -2.21. The summed E-state index contributed by atoms with van der Waals surface area (Å²) in [5.74, 6) is 5.72. The maximum Gasteiger partial charge on any atom is 0.422 e. The molecule has 0 bridgehead atoms. The first-order valence-corrected chi connectivity index (χ1v) is 4.91. The summed E-state index contributed by atoms with van der Waals surface area (Å²) in [5.41, 5.74) is 2.64. The summed E-state index contributed by atoms with van der Waals surface area (Å²) in [7, 11) is 0. The lowest BCUT2D eigenvalue weighted by molar-refractivity contribution is -0.154. The molecule has 0 radical (unpaired) electrons. The van der Waals surface area contributed by atoms with Crippen molar-refractivity contribution in [2.75, 3.05) is 12.0 Å². The second kappa shape index (κ2) is 5.17. The number of aromatic nitrogens is 2. The van der Waals surface area contributed by atoms with Gasteiger partial charge in [0.05, 0.1) is 5.56 Å². The number of ether oxygens (including phenoxy) is 1. The maximum absolute atomic E-state index is 12.0. The minimum absolute atomic E-state index is 0.109. The van der Waals surface area contributed by atoms with Gasteiger partial charge in [0.1, 0.15) is 11.6 Å². The van der Waals surface area contributed by atoms with Crippen molar-refractivity contribution in [3.8, 4) is 5.88 Å². The molecule has 1 rings (SSSR count). The topological polar surface area (TPSA) is 73.1 Å². The molecule has 3 N–H and O–H groups in total. The number of alkyl halides is 3. The first kappa shape index (κ1) is 13.5. The van der Waals surface area contributed by atoms with Crippen LogP contribution < -0.4 is 16.0 Å². The molecule has 0 saturated heterocycles. The summed E-state index contributed by atoms with van der Waals surface area (Å²) in [6, 6.07) is 0. The van der Waals surface area contributed by atoms with Crippen molar-refractivity contribution in [3.05, 3.63) is 11.4 Å². The van der Waals surface area contributed by atoms with Crippen LogP contribution in [0.1, 0.15) is 18.3 Å². The molecule has 0 unspecified atom stereocenters. The van der Waals surface area contributed by atoms with Crippen molar-refractivity contribution in [1.29, 1.82) is 0 Å². The Morgan fingerprint density at radius 1 is 1.35 bits per heavy atom. The first-order chi connectivity index (χ1) is 7.87. The quantitative estimate of drug-likeness (QED) is 0.627. The van der Waals surface area contributed by atoms with Gasteiger partial charge in [0.25, 0.3) is 0 Å². The van der Waals surface area contributed by atoms with Gasteiger partial charge < -0.3 is 10.2 Å². The van der Waals surface area contributed by atoms with Gasteiger partial charge in [0, 0.05) is 6.42 Å². The van der Waals surface area contributed by atoms with Crippen molar-refractivity contribution in [1.82, 2.24) is 9.97 Å². The third-order valence-corrected chi connectivity index (χ3v) is 1.97. The summed E-state index contributed by atoms with van der Waals surface area (Å²) in [5, 5.41) is 0. The summed E-state index contributed by atoms with van der Waals surface area (Å²) in [4.78, 5) is 7.88. The molecule has 0 aliphatic carbocycles. The highest BCUT2D eigenvalue weighted by atomic mass is 19.4. The fraction of sp³-hybridized carbons (Fsp3) is 0.556. The molecular formula is C9H13F3N4O. The molecule has 0 aromatic carbocycles. The SMILES string of the molecule is CCc1nc(NN)c(C)c(OCC(F)(F)F)n1. The molecule has 0 saturated carbocycles. The standard InChI is InChI=1S/C9H13F3N4O/c1-3-6-14-7(16-13)5(2)8(15-6)17-4-9(10,11)12/h3-4,13H2,1-2H3,(H,14,15,16). The summed E-state index contributed by atoms with van der Waals surface area (Å²) in [6.07, 6.45) is -3.93. The Kier molecular flexibility index (Phi) is 4.11. The normalized spacial score (nSPS) is 11.4. The number of hydrogen-bond donors (Lipinski definition) is 2. The van der Waals surface area contributed by atoms with Gasteiger partial charge in [0.2, 0.25) is 5.88 Å². The van der Waals surface area contributed by atoms with Crippen LogP contribution in [0.2, 0.25) is 0 Å². The Labute approximate surface area is 96.2 Å². The van der Waals surface area contributed by atoms with Crippen LogP contribution in [-0.2, 0) is 6.42 Å². The van der Waals surface area contributed by atoms with Crippen molar-refractivity contribution >= 4 is 5.82 Å². The van der Waals surface area contributed by atoms with E-state index in [1.807, 2.05) is 0 Å². The second-order valence-electron chi connectivity index (χ2n) is 3.32. The fourth-order valence-corrected chi connectivity index (χ4v) is 1.13. The third kappa shape index (κ3) is 3.74. The summed E-state index contributed by atoms with van der Waals surface area (Å²) in [6.45, 7) is 1.91. The Bertz CT molecular complexity index is 395. The second-order valence-corrected chi connectivity index (χ2v) is 3.32. The van der Waals surface area contributed by atoms with Crippen molar-refractivity contribution in [3.63, 3.8) is 0 Å². The highest BCUT2D eigenvalue weighted by Crippen LogP contribution is 2.24. The lowest BCUT2D eigenvalue weighted by atomic mass is 10.3. The molecular weight excluding hydrogens is 237 g/mol. The number of hydrogen-bond acceptors (Lipinski definition) is 5. The van der Waals surface area contributed by atoms with E-state index in [1.165, 1.54) is 6.92 Å². The zero-order chi connectivity index (χ0) is 13.1. The molecule has 1 heterocycles. The van der Waals surface area contributed by atoms with Crippen LogP contribution in [0.15, 0.2) is 0 Å². The zero-order valence-electron chi connectivity index (χ0n) is 9.43. The van der Waals surface area contributed by atoms with Crippen LogP contribution in [0.25, 0.3) is 0 Å². The molecule has 0 aliphatic rings. The molecule has 0 amide bonds. The average Bonchev–Trinajstić information content (AvgIpc) is 2.26. The third-order valence-electron chi connectivity index (χ3n) is 1.97. The number of aryl methyl sites for hydroxylation is 1. The van der Waals surface area contributed by atoms with Crippen LogP contribution in [0, 0.1) is 6.92 Å². The molecule has 1 aromatic heterocycles. The van der Waals surface area contributed by atoms with E-state index in [0.717, 1.165) is 0 Å². The van der Waals surface area contributed by atoms with Gasteiger partial charge in [-0.15, -0.1) is 0 Å². The smallest absolute Gasteiger partial charge is 0.422 e. The van der Waals surface area contributed by atoms with Gasteiger partial charge in [-0.25, -0.2) is 10.8 Å². The zero-order valence-corrected chi connectivity index (χ0v) is 9.43. The molecule has 5 nitrogen and oxygen atoms in total. The first-order valence-electron chi connectivity index (χ1n) is 4.91. The van der Waals surface area contributed by atoms with E-state index in [-0.39, 0.29) is 11.7 Å². The summed E-state index contributed by atoms with van der Waals surface area (Å²) >= 11 is 0. The maximum atomic E-state index is 12.0. The molecule has 8 heteroatoms. The number of nitrogens with zero attached hydrogens (tertiary/aromatic N) is 2. The van der Waals surface area contributed by atoms with E-state index in [4.69, 9.17) is 5.84 Å². The number of halogens is 3. The molecule has 0 fully saturated rings. The van der Waals surface area contributed by atoms with Gasteiger partial charge in [-0.2, -0.15) is 18.2 Å². The number of rotatable bonds is 4. The van der Waals surface area contributed by atoms with Crippen molar-refractivity contribution in [2.45, 2.75) is 26.4 Å². The lowest BCUT2D eigenvalue weighted by Gasteiger charge is -2.13. The van der Waals surface area contributed by atoms with Gasteiger partial charge in [-0.1, -0.05) is 6.92 Å². The average molecular weight is 250 g/mol. The Hall–Kier alpha value is -1.57. The minimum atomic E-state index is -4.40. The number of anilines is 1. The van der Waals surface area contributed by atoms with Crippen LogP contribution in [0.3, 0.4) is 0 Å². The highest BCUT2D eigenvalue weighted by Gasteiger charge is 2.29. The van der Waals surface area contributed by atoms with Crippen LogP contribution in [0.5, 0.6) is 5.88 Å². The number of nitrogens with two attached hydrogens (primary N) is 1. The van der Waals surface area contributed by atoms with Gasteiger partial charge in [-0.3, -0.25) is 0 Å².